The molecule has 0 radical (unpaired) electrons. The van der Waals surface area contributed by atoms with Crippen LogP contribution in [0.15, 0.2) is 90.5 Å². The Bertz CT molecular complexity index is 1460. The number of hydrogen-bond acceptors (Lipinski definition) is 0. The summed E-state index contributed by atoms with van der Waals surface area (Å²) in [6, 6.07) is 27.1. The van der Waals surface area contributed by atoms with Gasteiger partial charge in [0.25, 0.3) is 0 Å². The first-order valence-electron chi connectivity index (χ1n) is 11.8. The summed E-state index contributed by atoms with van der Waals surface area (Å²) in [6.45, 7) is 9.56. The summed E-state index contributed by atoms with van der Waals surface area (Å²) in [5, 5.41) is 5.33. The first kappa shape index (κ1) is 19.6. The van der Waals surface area contributed by atoms with Crippen LogP contribution in [0.25, 0.3) is 38.2 Å². The minimum absolute atomic E-state index is 0.138. The van der Waals surface area contributed by atoms with Crippen LogP contribution < -0.4 is 0 Å². The summed E-state index contributed by atoms with van der Waals surface area (Å²) in [5.41, 5.74) is 9.02. The molecule has 0 N–H and O–H groups in total. The third-order valence-electron chi connectivity index (χ3n) is 7.48. The molecule has 0 fully saturated rings. The summed E-state index contributed by atoms with van der Waals surface area (Å²) in [4.78, 5) is 0. The first-order valence-corrected chi connectivity index (χ1v) is 11.8. The van der Waals surface area contributed by atoms with E-state index in [1.165, 1.54) is 55.8 Å². The molecule has 158 valence electrons. The van der Waals surface area contributed by atoms with Gasteiger partial charge in [-0.25, -0.2) is 0 Å². The van der Waals surface area contributed by atoms with Crippen molar-refractivity contribution in [2.75, 3.05) is 0 Å². The Labute approximate surface area is 191 Å². The molecule has 0 atom stereocenters. The zero-order valence-electron chi connectivity index (χ0n) is 19.5. The number of fused-ring (bicyclic) bond motifs is 5. The first-order chi connectivity index (χ1) is 15.3. The normalized spacial score (nSPS) is 18.6. The maximum absolute atomic E-state index is 2.43. The Morgan fingerprint density at radius 1 is 0.656 bits per heavy atom. The minimum Gasteiger partial charge on any atom is -0.0779 e. The van der Waals surface area contributed by atoms with Crippen LogP contribution in [0, 0.1) is 5.41 Å². The van der Waals surface area contributed by atoms with Gasteiger partial charge in [0, 0.05) is 0 Å². The fourth-order valence-corrected chi connectivity index (χ4v) is 6.02. The minimum atomic E-state index is 0.138. The van der Waals surface area contributed by atoms with E-state index in [-0.39, 0.29) is 10.8 Å². The van der Waals surface area contributed by atoms with Crippen LogP contribution in [0.1, 0.15) is 51.7 Å². The van der Waals surface area contributed by atoms with Crippen molar-refractivity contribution in [2.45, 2.75) is 46.0 Å². The van der Waals surface area contributed by atoms with Crippen LogP contribution in [0.2, 0.25) is 0 Å². The van der Waals surface area contributed by atoms with Gasteiger partial charge in [0.2, 0.25) is 0 Å². The van der Waals surface area contributed by atoms with Crippen LogP contribution in [0.3, 0.4) is 0 Å². The van der Waals surface area contributed by atoms with Gasteiger partial charge in [-0.15, -0.1) is 0 Å². The molecule has 0 heterocycles. The van der Waals surface area contributed by atoms with Gasteiger partial charge in [-0.05, 0) is 85.2 Å². The molecular weight excluding hydrogens is 384 g/mol. The maximum atomic E-state index is 2.43. The number of rotatable bonds is 1. The predicted molar refractivity (Wildman–Crippen MR) is 139 cm³/mol. The van der Waals surface area contributed by atoms with Crippen molar-refractivity contribution in [3.8, 4) is 11.1 Å². The van der Waals surface area contributed by atoms with Crippen molar-refractivity contribution in [3.63, 3.8) is 0 Å². The van der Waals surface area contributed by atoms with Gasteiger partial charge in [0.1, 0.15) is 0 Å². The van der Waals surface area contributed by atoms with Gasteiger partial charge in [-0.3, -0.25) is 0 Å². The molecule has 2 aliphatic carbocycles. The molecule has 0 bridgehead atoms. The highest BCUT2D eigenvalue weighted by Crippen LogP contribution is 2.51. The van der Waals surface area contributed by atoms with E-state index < -0.39 is 0 Å². The van der Waals surface area contributed by atoms with E-state index in [1.807, 2.05) is 0 Å². The standard InChI is InChI=1S/C32H30/c1-31(2)16-15-27-26(19-31)20-32(3,4)30-28-13-11-24(18-25(28)12-14-29(27)30)23-10-9-21-7-5-6-8-22(21)17-23/h5-18H,19-20H2,1-4H3. The molecule has 0 aliphatic heterocycles. The van der Waals surface area contributed by atoms with Crippen LogP contribution in [0.4, 0.5) is 0 Å². The summed E-state index contributed by atoms with van der Waals surface area (Å²) < 4.78 is 0. The topological polar surface area (TPSA) is 0 Å². The molecule has 0 nitrogen and oxygen atoms in total. The Morgan fingerprint density at radius 2 is 1.34 bits per heavy atom. The molecule has 0 saturated heterocycles. The van der Waals surface area contributed by atoms with E-state index in [4.69, 9.17) is 0 Å². The monoisotopic (exact) mass is 414 g/mol. The lowest BCUT2D eigenvalue weighted by Gasteiger charge is -2.40. The lowest BCUT2D eigenvalue weighted by molar-refractivity contribution is 0.429. The van der Waals surface area contributed by atoms with Gasteiger partial charge in [0.15, 0.2) is 0 Å². The summed E-state index contributed by atoms with van der Waals surface area (Å²) >= 11 is 0. The second kappa shape index (κ2) is 6.69. The fraction of sp³-hybridized carbons (Fsp3) is 0.250. The Hall–Kier alpha value is -3.12. The Balaban J connectivity index is 1.51. The van der Waals surface area contributed by atoms with Crippen LogP contribution in [0.5, 0.6) is 0 Å². The third-order valence-corrected chi connectivity index (χ3v) is 7.48. The van der Waals surface area contributed by atoms with Gasteiger partial charge in [-0.2, -0.15) is 0 Å². The molecule has 4 aromatic rings. The number of benzene rings is 4. The van der Waals surface area contributed by atoms with Gasteiger partial charge in [0.05, 0.1) is 0 Å². The molecule has 32 heavy (non-hydrogen) atoms. The zero-order chi connectivity index (χ0) is 22.1. The fourth-order valence-electron chi connectivity index (χ4n) is 6.02. The lowest BCUT2D eigenvalue weighted by atomic mass is 9.64. The second-order valence-corrected chi connectivity index (χ2v) is 11.1. The molecule has 0 amide bonds. The van der Waals surface area contributed by atoms with Crippen molar-refractivity contribution in [3.05, 3.63) is 102 Å². The van der Waals surface area contributed by atoms with E-state index in [0.717, 1.165) is 6.42 Å². The largest absolute Gasteiger partial charge is 0.0779 e. The maximum Gasteiger partial charge on any atom is -0.00538 e. The van der Waals surface area contributed by atoms with Crippen LogP contribution in [-0.4, -0.2) is 0 Å². The SMILES string of the molecule is CC1(C)C=CC2=C(C1)CC(C)(C)c1c2ccc2cc(-c3ccc4ccccc4c3)ccc12. The smallest absolute Gasteiger partial charge is 0.00538 e. The summed E-state index contributed by atoms with van der Waals surface area (Å²) in [6.07, 6.45) is 7.11. The van der Waals surface area contributed by atoms with Crippen LogP contribution >= 0.6 is 0 Å². The molecule has 0 aromatic heterocycles. The molecule has 0 spiro atoms. The van der Waals surface area contributed by atoms with Crippen molar-refractivity contribution >= 4 is 27.1 Å². The van der Waals surface area contributed by atoms with E-state index in [2.05, 4.69) is 113 Å². The Kier molecular flexibility index (Phi) is 4.09. The quantitative estimate of drug-likeness (QED) is 0.291. The van der Waals surface area contributed by atoms with E-state index in [0.29, 0.717) is 0 Å². The van der Waals surface area contributed by atoms with Gasteiger partial charge >= 0.3 is 0 Å². The van der Waals surface area contributed by atoms with Gasteiger partial charge in [-0.1, -0.05) is 106 Å². The lowest BCUT2D eigenvalue weighted by Crippen LogP contribution is -2.27. The average Bonchev–Trinajstić information content (AvgIpc) is 2.76. The van der Waals surface area contributed by atoms with E-state index >= 15 is 0 Å². The van der Waals surface area contributed by atoms with E-state index in [1.54, 1.807) is 5.57 Å². The van der Waals surface area contributed by atoms with Crippen molar-refractivity contribution in [1.82, 2.24) is 0 Å². The summed E-state index contributed by atoms with van der Waals surface area (Å²) in [7, 11) is 0. The molecule has 0 saturated carbocycles. The number of allylic oxidation sites excluding steroid dienone is 4. The molecule has 0 unspecified atom stereocenters. The summed E-state index contributed by atoms with van der Waals surface area (Å²) in [5.74, 6) is 0. The molecule has 0 heteroatoms. The highest BCUT2D eigenvalue weighted by Gasteiger charge is 2.36. The Morgan fingerprint density at radius 3 is 2.16 bits per heavy atom. The molecule has 2 aliphatic rings. The van der Waals surface area contributed by atoms with Crippen molar-refractivity contribution < 1.29 is 0 Å². The molecule has 6 rings (SSSR count). The van der Waals surface area contributed by atoms with Crippen molar-refractivity contribution in [2.24, 2.45) is 5.41 Å². The molecule has 4 aromatic carbocycles. The third kappa shape index (κ3) is 3.05. The zero-order valence-corrected chi connectivity index (χ0v) is 19.5. The predicted octanol–water partition coefficient (Wildman–Crippen LogP) is 9.08. The van der Waals surface area contributed by atoms with Crippen LogP contribution in [-0.2, 0) is 5.41 Å². The van der Waals surface area contributed by atoms with E-state index in [9.17, 15) is 0 Å². The highest BCUT2D eigenvalue weighted by molar-refractivity contribution is 5.97. The average molecular weight is 415 g/mol. The second-order valence-electron chi connectivity index (χ2n) is 11.1. The number of hydrogen-bond donors (Lipinski definition) is 0. The van der Waals surface area contributed by atoms with Gasteiger partial charge < -0.3 is 0 Å². The van der Waals surface area contributed by atoms with Crippen molar-refractivity contribution in [1.29, 1.82) is 0 Å². The highest BCUT2D eigenvalue weighted by atomic mass is 14.4. The molecular formula is C32H30.